The Morgan fingerprint density at radius 2 is 1.83 bits per heavy atom. The molecule has 0 aliphatic carbocycles. The highest BCUT2D eigenvalue weighted by molar-refractivity contribution is 7.13. The van der Waals surface area contributed by atoms with Crippen LogP contribution in [0.5, 0.6) is 0 Å². The fourth-order valence-electron chi connectivity index (χ4n) is 5.61. The minimum Gasteiger partial charge on any atom is -0.391 e. The number of hydrogen-bond donors (Lipinski definition) is 4. The molecule has 2 aromatic rings. The number of thiazole rings is 1. The SMILES string of the molecule is CC(=O)N[C@H](C(=O)N1C[C@H](O)C[C@H]1C(=O)N[C@@H](CCN1CCNCC1)c1ccc(-c2scnc2C)cc1)C(C)(C)C. The second-order valence-corrected chi connectivity index (χ2v) is 13.1. The maximum absolute atomic E-state index is 13.8. The van der Waals surface area contributed by atoms with Crippen LogP contribution < -0.4 is 16.0 Å². The number of aryl methyl sites for hydroxylation is 1. The molecule has 0 unspecified atom stereocenters. The fourth-order valence-corrected chi connectivity index (χ4v) is 6.42. The Kier molecular flexibility index (Phi) is 10.2. The number of piperazine rings is 1. The van der Waals surface area contributed by atoms with Gasteiger partial charge in [0.1, 0.15) is 12.1 Å². The van der Waals surface area contributed by atoms with E-state index in [1.165, 1.54) is 11.8 Å². The Balaban J connectivity index is 1.54. The Morgan fingerprint density at radius 3 is 2.41 bits per heavy atom. The van der Waals surface area contributed by atoms with Gasteiger partial charge in [-0.3, -0.25) is 14.4 Å². The van der Waals surface area contributed by atoms with Crippen LogP contribution >= 0.6 is 11.3 Å². The molecule has 2 aliphatic heterocycles. The predicted octanol–water partition coefficient (Wildman–Crippen LogP) is 2.08. The maximum atomic E-state index is 13.8. The lowest BCUT2D eigenvalue weighted by Crippen LogP contribution is -2.57. The summed E-state index contributed by atoms with van der Waals surface area (Å²) in [7, 11) is 0. The number of aromatic nitrogens is 1. The van der Waals surface area contributed by atoms with E-state index in [1.807, 2.05) is 33.2 Å². The van der Waals surface area contributed by atoms with Crippen molar-refractivity contribution in [2.45, 2.75) is 71.7 Å². The summed E-state index contributed by atoms with van der Waals surface area (Å²) in [5, 5.41) is 19.9. The molecule has 2 aliphatic rings. The van der Waals surface area contributed by atoms with Crippen LogP contribution in [0.2, 0.25) is 0 Å². The van der Waals surface area contributed by atoms with E-state index in [2.05, 4.69) is 50.1 Å². The fraction of sp³-hybridized carbons (Fsp3) is 0.600. The zero-order valence-electron chi connectivity index (χ0n) is 24.8. The van der Waals surface area contributed by atoms with Crippen molar-refractivity contribution >= 4 is 29.1 Å². The second kappa shape index (κ2) is 13.4. The van der Waals surface area contributed by atoms with Crippen LogP contribution in [0.1, 0.15) is 57.8 Å². The summed E-state index contributed by atoms with van der Waals surface area (Å²) in [6.07, 6.45) is 0.0568. The van der Waals surface area contributed by atoms with Gasteiger partial charge < -0.3 is 30.9 Å². The molecule has 41 heavy (non-hydrogen) atoms. The molecule has 2 saturated heterocycles. The quantitative estimate of drug-likeness (QED) is 0.356. The number of amides is 3. The molecular weight excluding hydrogens is 540 g/mol. The molecule has 0 radical (unpaired) electrons. The molecule has 4 N–H and O–H groups in total. The van der Waals surface area contributed by atoms with Crippen molar-refractivity contribution in [3.05, 3.63) is 41.0 Å². The smallest absolute Gasteiger partial charge is 0.246 e. The second-order valence-electron chi connectivity index (χ2n) is 12.2. The highest BCUT2D eigenvalue weighted by Crippen LogP contribution is 2.30. The van der Waals surface area contributed by atoms with Crippen molar-refractivity contribution < 1.29 is 19.5 Å². The Labute approximate surface area is 246 Å². The summed E-state index contributed by atoms with van der Waals surface area (Å²) in [6.45, 7) is 13.7. The minimum absolute atomic E-state index is 0.0530. The van der Waals surface area contributed by atoms with Crippen molar-refractivity contribution in [1.29, 1.82) is 0 Å². The van der Waals surface area contributed by atoms with Crippen molar-refractivity contribution in [3.63, 3.8) is 0 Å². The molecule has 0 bridgehead atoms. The standard InChI is InChI=1S/C30H44N6O4S/c1-19-26(41-18-32-19)22-8-6-21(7-9-22)24(10-13-35-14-11-31-12-15-35)34-28(39)25-16-23(38)17-36(25)29(40)27(30(3,4)5)33-20(2)37/h6-9,18,23-25,27,31,38H,10-17H2,1-5H3,(H,33,37)(H,34,39)/t23-,24+,25+,27-/m1/s1. The van der Waals surface area contributed by atoms with Gasteiger partial charge in [-0.05, 0) is 29.9 Å². The third-order valence-corrected chi connectivity index (χ3v) is 8.88. The van der Waals surface area contributed by atoms with Crippen LogP contribution in [0.15, 0.2) is 29.8 Å². The van der Waals surface area contributed by atoms with Gasteiger partial charge in [0.25, 0.3) is 0 Å². The van der Waals surface area contributed by atoms with Gasteiger partial charge in [-0.1, -0.05) is 45.0 Å². The summed E-state index contributed by atoms with van der Waals surface area (Å²) in [5.41, 5.74) is 4.34. The van der Waals surface area contributed by atoms with E-state index >= 15 is 0 Å². The van der Waals surface area contributed by atoms with E-state index in [0.717, 1.165) is 54.4 Å². The third-order valence-electron chi connectivity index (χ3n) is 7.91. The lowest BCUT2D eigenvalue weighted by atomic mass is 9.85. The van der Waals surface area contributed by atoms with E-state index in [1.54, 1.807) is 11.3 Å². The van der Waals surface area contributed by atoms with Crippen molar-refractivity contribution in [3.8, 4) is 10.4 Å². The van der Waals surface area contributed by atoms with Gasteiger partial charge in [-0.15, -0.1) is 11.3 Å². The minimum atomic E-state index is -0.822. The van der Waals surface area contributed by atoms with E-state index in [4.69, 9.17) is 0 Å². The molecular formula is C30H44N6O4S. The Hall–Kier alpha value is -2.86. The highest BCUT2D eigenvalue weighted by atomic mass is 32.1. The van der Waals surface area contributed by atoms with Gasteiger partial charge in [0.2, 0.25) is 17.7 Å². The molecule has 4 atom stereocenters. The number of hydrogen-bond acceptors (Lipinski definition) is 8. The van der Waals surface area contributed by atoms with Crippen molar-refractivity contribution in [2.24, 2.45) is 5.41 Å². The molecule has 0 spiro atoms. The number of benzene rings is 1. The van der Waals surface area contributed by atoms with Gasteiger partial charge in [0.15, 0.2) is 0 Å². The van der Waals surface area contributed by atoms with E-state index in [0.29, 0.717) is 6.42 Å². The molecule has 3 amide bonds. The maximum Gasteiger partial charge on any atom is 0.246 e. The molecule has 4 rings (SSSR count). The summed E-state index contributed by atoms with van der Waals surface area (Å²) >= 11 is 1.60. The average molecular weight is 585 g/mol. The normalized spacial score (nSPS) is 21.4. The summed E-state index contributed by atoms with van der Waals surface area (Å²) in [6, 6.07) is 6.33. The predicted molar refractivity (Wildman–Crippen MR) is 160 cm³/mol. The van der Waals surface area contributed by atoms with E-state index < -0.39 is 23.6 Å². The first-order chi connectivity index (χ1) is 19.4. The molecule has 2 fully saturated rings. The van der Waals surface area contributed by atoms with Gasteiger partial charge >= 0.3 is 0 Å². The summed E-state index contributed by atoms with van der Waals surface area (Å²) in [4.78, 5) is 48.7. The number of carbonyl (C=O) groups excluding carboxylic acids is 3. The largest absolute Gasteiger partial charge is 0.391 e. The first-order valence-electron chi connectivity index (χ1n) is 14.4. The molecule has 1 aromatic heterocycles. The number of carbonyl (C=O) groups is 3. The highest BCUT2D eigenvalue weighted by Gasteiger charge is 2.44. The van der Waals surface area contributed by atoms with E-state index in [9.17, 15) is 19.5 Å². The molecule has 10 nitrogen and oxygen atoms in total. The monoisotopic (exact) mass is 584 g/mol. The van der Waals surface area contributed by atoms with Crippen LogP contribution in [0.4, 0.5) is 0 Å². The lowest BCUT2D eigenvalue weighted by Gasteiger charge is -2.35. The van der Waals surface area contributed by atoms with E-state index in [-0.39, 0.29) is 36.7 Å². The number of β-amino-alcohol motifs (C(OH)–C–C–N with tert-alkyl or cyclic N) is 1. The Bertz CT molecular complexity index is 1200. The first-order valence-corrected chi connectivity index (χ1v) is 15.3. The van der Waals surface area contributed by atoms with Crippen molar-refractivity contribution in [1.82, 2.24) is 30.7 Å². The number of rotatable bonds is 9. The lowest BCUT2D eigenvalue weighted by molar-refractivity contribution is -0.144. The van der Waals surface area contributed by atoms with Gasteiger partial charge in [0.05, 0.1) is 28.2 Å². The zero-order valence-corrected chi connectivity index (χ0v) is 25.6. The first kappa shape index (κ1) is 31.1. The third kappa shape index (κ3) is 7.91. The van der Waals surface area contributed by atoms with Crippen LogP contribution in [0, 0.1) is 12.3 Å². The van der Waals surface area contributed by atoms with Gasteiger partial charge in [0, 0.05) is 52.6 Å². The molecule has 11 heteroatoms. The average Bonchev–Trinajstić information content (AvgIpc) is 3.54. The summed E-state index contributed by atoms with van der Waals surface area (Å²) < 4.78 is 0. The number of likely N-dealkylation sites (tertiary alicyclic amines) is 1. The van der Waals surface area contributed by atoms with Crippen LogP contribution in [-0.4, -0.2) is 95.1 Å². The van der Waals surface area contributed by atoms with Gasteiger partial charge in [-0.2, -0.15) is 0 Å². The van der Waals surface area contributed by atoms with Gasteiger partial charge in [-0.25, -0.2) is 4.98 Å². The summed E-state index contributed by atoms with van der Waals surface area (Å²) in [5.74, 6) is -0.965. The number of nitrogens with one attached hydrogen (secondary N) is 3. The van der Waals surface area contributed by atoms with Crippen molar-refractivity contribution in [2.75, 3.05) is 39.3 Å². The number of aliphatic hydroxyl groups excluding tert-OH is 1. The molecule has 3 heterocycles. The number of aliphatic hydroxyl groups is 1. The topological polar surface area (TPSA) is 127 Å². The molecule has 224 valence electrons. The van der Waals surface area contributed by atoms with Crippen LogP contribution in [-0.2, 0) is 14.4 Å². The Morgan fingerprint density at radius 1 is 1.15 bits per heavy atom. The van der Waals surface area contributed by atoms with Crippen LogP contribution in [0.3, 0.4) is 0 Å². The van der Waals surface area contributed by atoms with Crippen LogP contribution in [0.25, 0.3) is 10.4 Å². The zero-order chi connectivity index (χ0) is 29.7. The molecule has 1 aromatic carbocycles. The molecule has 0 saturated carbocycles. The number of nitrogens with zero attached hydrogens (tertiary/aromatic N) is 3.